The number of fused-ring (bicyclic) bond motifs is 1. The number of phenols is 1. The summed E-state index contributed by atoms with van der Waals surface area (Å²) in [5.74, 6) is 0.152. The van der Waals surface area contributed by atoms with Gasteiger partial charge in [0.1, 0.15) is 17.1 Å². The summed E-state index contributed by atoms with van der Waals surface area (Å²) in [7, 11) is 0. The molecule has 4 heteroatoms. The molecule has 0 spiro atoms. The summed E-state index contributed by atoms with van der Waals surface area (Å²) in [6.45, 7) is 0. The van der Waals surface area contributed by atoms with E-state index in [-0.39, 0.29) is 17.1 Å². The Morgan fingerprint density at radius 2 is 1.23 bits per heavy atom. The van der Waals surface area contributed by atoms with E-state index in [9.17, 15) is 9.90 Å². The van der Waals surface area contributed by atoms with Crippen molar-refractivity contribution < 1.29 is 14.6 Å². The van der Waals surface area contributed by atoms with Crippen molar-refractivity contribution in [3.05, 3.63) is 114 Å². The molecule has 146 valence electrons. The van der Waals surface area contributed by atoms with Crippen LogP contribution in [-0.2, 0) is 0 Å². The Kier molecular flexibility index (Phi) is 4.45. The van der Waals surface area contributed by atoms with Gasteiger partial charge in [0.2, 0.25) is 5.78 Å². The summed E-state index contributed by atoms with van der Waals surface area (Å²) < 4.78 is 5.83. The minimum absolute atomic E-state index is 0.0454. The molecule has 1 atom stereocenters. The lowest BCUT2D eigenvalue weighted by molar-refractivity contribution is 0.0857. The fraction of sp³-hybridized carbons (Fsp3) is 0.0385. The number of ether oxygens (including phenoxy) is 1. The van der Waals surface area contributed by atoms with Crippen molar-refractivity contribution in [1.29, 1.82) is 0 Å². The van der Waals surface area contributed by atoms with E-state index in [1.165, 1.54) is 6.07 Å². The number of rotatable bonds is 4. The zero-order valence-corrected chi connectivity index (χ0v) is 16.1. The normalized spacial score (nSPS) is 14.8. The van der Waals surface area contributed by atoms with Gasteiger partial charge >= 0.3 is 0 Å². The van der Waals surface area contributed by atoms with Gasteiger partial charge < -0.3 is 14.7 Å². The average molecular weight is 393 g/mol. The number of carbonyl (C=O) groups excluding carboxylic acids is 1. The maximum Gasteiger partial charge on any atom is 0.215 e. The number of anilines is 3. The highest BCUT2D eigenvalue weighted by Gasteiger charge is 2.35. The number of Topliss-reactive ketones (excluding diaryl/α,β-unsaturated/α-hetero) is 1. The number of hydrogen-bond acceptors (Lipinski definition) is 4. The van der Waals surface area contributed by atoms with Crippen LogP contribution in [-0.4, -0.2) is 10.9 Å². The van der Waals surface area contributed by atoms with Crippen LogP contribution in [0.25, 0.3) is 0 Å². The molecule has 0 aliphatic carbocycles. The van der Waals surface area contributed by atoms with Crippen LogP contribution in [0, 0.1) is 0 Å². The van der Waals surface area contributed by atoms with Gasteiger partial charge in [0.25, 0.3) is 0 Å². The molecule has 0 radical (unpaired) electrons. The highest BCUT2D eigenvalue weighted by atomic mass is 16.5. The van der Waals surface area contributed by atoms with Crippen LogP contribution >= 0.6 is 0 Å². The Bertz CT molecular complexity index is 1150. The van der Waals surface area contributed by atoms with Crippen molar-refractivity contribution in [3.63, 3.8) is 0 Å². The lowest BCUT2D eigenvalue weighted by atomic mass is 10.0. The monoisotopic (exact) mass is 393 g/mol. The topological polar surface area (TPSA) is 49.8 Å². The molecule has 30 heavy (non-hydrogen) atoms. The molecule has 0 aromatic heterocycles. The second kappa shape index (κ2) is 7.41. The number of nitrogens with zero attached hydrogens (tertiary/aromatic N) is 1. The summed E-state index contributed by atoms with van der Waals surface area (Å²) in [5.41, 5.74) is 4.06. The predicted octanol–water partition coefficient (Wildman–Crippen LogP) is 6.18. The molecule has 1 unspecified atom stereocenters. The van der Waals surface area contributed by atoms with Crippen LogP contribution in [0.4, 0.5) is 17.1 Å². The lowest BCUT2D eigenvalue weighted by Gasteiger charge is -2.25. The number of phenolic OH excluding ortho intramolecular Hbond substituents is 1. The van der Waals surface area contributed by atoms with E-state index in [0.717, 1.165) is 22.6 Å². The zero-order chi connectivity index (χ0) is 20.5. The Labute approximate surface area is 174 Å². The number of para-hydroxylation sites is 2. The largest absolute Gasteiger partial charge is 0.507 e. The molecule has 4 aromatic carbocycles. The standard InChI is InChI=1S/C26H19NO3/c28-22-12-7-13-23-24(22)25(29)26(30-23)18-14-16-21(17-15-18)27(19-8-3-1-4-9-19)20-10-5-2-6-11-20/h1-17,26,28H. The minimum atomic E-state index is -0.746. The summed E-state index contributed by atoms with van der Waals surface area (Å²) >= 11 is 0. The Hall–Kier alpha value is -4.05. The molecule has 1 aliphatic rings. The maximum absolute atomic E-state index is 12.8. The third-order valence-electron chi connectivity index (χ3n) is 5.22. The van der Waals surface area contributed by atoms with Gasteiger partial charge in [-0.2, -0.15) is 0 Å². The zero-order valence-electron chi connectivity index (χ0n) is 16.1. The molecule has 0 fully saturated rings. The highest BCUT2D eigenvalue weighted by molar-refractivity contribution is 6.07. The van der Waals surface area contributed by atoms with Crippen molar-refractivity contribution in [2.24, 2.45) is 0 Å². The molecule has 0 saturated carbocycles. The summed E-state index contributed by atoms with van der Waals surface area (Å²) in [6.07, 6.45) is -0.746. The molecular formula is C26H19NO3. The third kappa shape index (κ3) is 3.08. The van der Waals surface area contributed by atoms with E-state index in [2.05, 4.69) is 29.2 Å². The smallest absolute Gasteiger partial charge is 0.215 e. The Morgan fingerprint density at radius 3 is 1.80 bits per heavy atom. The fourth-order valence-corrected chi connectivity index (χ4v) is 3.80. The first-order chi connectivity index (χ1) is 14.7. The summed E-state index contributed by atoms with van der Waals surface area (Å²) in [4.78, 5) is 14.9. The Balaban J connectivity index is 1.50. The molecule has 1 heterocycles. The SMILES string of the molecule is O=C1c2c(O)cccc2OC1c1ccc(N(c2ccccc2)c2ccccc2)cc1. The van der Waals surface area contributed by atoms with Crippen LogP contribution in [0.2, 0.25) is 0 Å². The van der Waals surface area contributed by atoms with Gasteiger partial charge in [-0.3, -0.25) is 4.79 Å². The molecule has 1 N–H and O–H groups in total. The van der Waals surface area contributed by atoms with Gasteiger partial charge in [0, 0.05) is 22.6 Å². The predicted molar refractivity (Wildman–Crippen MR) is 117 cm³/mol. The van der Waals surface area contributed by atoms with E-state index in [1.807, 2.05) is 60.7 Å². The van der Waals surface area contributed by atoms with Crippen molar-refractivity contribution in [2.45, 2.75) is 6.10 Å². The van der Waals surface area contributed by atoms with Crippen molar-refractivity contribution in [1.82, 2.24) is 0 Å². The van der Waals surface area contributed by atoms with Gasteiger partial charge in [-0.15, -0.1) is 0 Å². The first-order valence-corrected chi connectivity index (χ1v) is 9.75. The number of benzene rings is 4. The maximum atomic E-state index is 12.8. The summed E-state index contributed by atoms with van der Waals surface area (Å²) in [5, 5.41) is 10.0. The van der Waals surface area contributed by atoms with Gasteiger partial charge in [-0.25, -0.2) is 0 Å². The fourth-order valence-electron chi connectivity index (χ4n) is 3.80. The van der Waals surface area contributed by atoms with Crippen LogP contribution in [0.3, 0.4) is 0 Å². The number of aromatic hydroxyl groups is 1. The summed E-state index contributed by atoms with van der Waals surface area (Å²) in [6, 6.07) is 32.9. The quantitative estimate of drug-likeness (QED) is 0.450. The molecule has 5 rings (SSSR count). The van der Waals surface area contributed by atoms with Crippen molar-refractivity contribution in [2.75, 3.05) is 4.90 Å². The van der Waals surface area contributed by atoms with E-state index in [1.54, 1.807) is 12.1 Å². The molecule has 4 aromatic rings. The van der Waals surface area contributed by atoms with Crippen LogP contribution < -0.4 is 9.64 Å². The second-order valence-electron chi connectivity index (χ2n) is 7.11. The van der Waals surface area contributed by atoms with E-state index >= 15 is 0 Å². The molecule has 4 nitrogen and oxygen atoms in total. The molecule has 0 amide bonds. The highest BCUT2D eigenvalue weighted by Crippen LogP contribution is 2.42. The molecule has 0 saturated heterocycles. The van der Waals surface area contributed by atoms with Gasteiger partial charge in [-0.1, -0.05) is 54.6 Å². The van der Waals surface area contributed by atoms with Crippen LogP contribution in [0.1, 0.15) is 22.0 Å². The third-order valence-corrected chi connectivity index (χ3v) is 5.22. The van der Waals surface area contributed by atoms with Gasteiger partial charge in [0.05, 0.1) is 0 Å². The first-order valence-electron chi connectivity index (χ1n) is 9.75. The van der Waals surface area contributed by atoms with Crippen LogP contribution in [0.5, 0.6) is 11.5 Å². The van der Waals surface area contributed by atoms with Crippen LogP contribution in [0.15, 0.2) is 103 Å². The number of carbonyl (C=O) groups is 1. The van der Waals surface area contributed by atoms with Crippen molar-refractivity contribution in [3.8, 4) is 11.5 Å². The number of ketones is 1. The molecule has 1 aliphatic heterocycles. The van der Waals surface area contributed by atoms with E-state index in [4.69, 9.17) is 4.74 Å². The van der Waals surface area contributed by atoms with Gasteiger partial charge in [-0.05, 0) is 48.5 Å². The van der Waals surface area contributed by atoms with Gasteiger partial charge in [0.15, 0.2) is 6.10 Å². The molecule has 0 bridgehead atoms. The average Bonchev–Trinajstić information content (AvgIpc) is 3.14. The Morgan fingerprint density at radius 1 is 0.667 bits per heavy atom. The molecular weight excluding hydrogens is 374 g/mol. The second-order valence-corrected chi connectivity index (χ2v) is 7.11. The van der Waals surface area contributed by atoms with E-state index < -0.39 is 6.10 Å². The lowest BCUT2D eigenvalue weighted by Crippen LogP contribution is -2.12. The van der Waals surface area contributed by atoms with E-state index in [0.29, 0.717) is 5.75 Å². The number of hydrogen-bond donors (Lipinski definition) is 1. The minimum Gasteiger partial charge on any atom is -0.507 e. The van der Waals surface area contributed by atoms with Crippen molar-refractivity contribution >= 4 is 22.8 Å². The first kappa shape index (κ1) is 18.0.